The maximum Gasteiger partial charge on any atom is 0.498 e. The lowest BCUT2D eigenvalue weighted by Crippen LogP contribution is -2.52. The molecule has 0 unspecified atom stereocenters. The Morgan fingerprint density at radius 2 is 1.75 bits per heavy atom. The third-order valence-electron chi connectivity index (χ3n) is 6.95. The van der Waals surface area contributed by atoms with E-state index in [1.54, 1.807) is 33.2 Å². The van der Waals surface area contributed by atoms with E-state index >= 15 is 0 Å². The van der Waals surface area contributed by atoms with Crippen molar-refractivity contribution in [2.45, 2.75) is 104 Å². The van der Waals surface area contributed by atoms with Gasteiger partial charge in [-0.05, 0) is 67.2 Å². The zero-order chi connectivity index (χ0) is 26.9. The summed E-state index contributed by atoms with van der Waals surface area (Å²) in [6, 6.07) is -0.629. The molecule has 3 heterocycles. The number of ether oxygens (including phenoxy) is 1. The van der Waals surface area contributed by atoms with Crippen LogP contribution >= 0.6 is 0 Å². The minimum atomic E-state index is -0.690. The van der Waals surface area contributed by atoms with Crippen LogP contribution in [0.5, 0.6) is 0 Å². The van der Waals surface area contributed by atoms with Gasteiger partial charge >= 0.3 is 13.2 Å². The van der Waals surface area contributed by atoms with E-state index in [1.807, 2.05) is 41.5 Å². The molecule has 2 fully saturated rings. The van der Waals surface area contributed by atoms with Gasteiger partial charge in [0.2, 0.25) is 11.9 Å². The number of alkyl carbamates (subject to hydrolysis) is 1. The third-order valence-corrected chi connectivity index (χ3v) is 6.95. The van der Waals surface area contributed by atoms with Crippen molar-refractivity contribution in [2.75, 3.05) is 18.0 Å². The number of carbonyl (C=O) groups excluding carboxylic acids is 2. The molecule has 0 spiro atoms. The molecule has 1 aromatic heterocycles. The van der Waals surface area contributed by atoms with Crippen molar-refractivity contribution in [3.8, 4) is 0 Å². The zero-order valence-corrected chi connectivity index (χ0v) is 23.2. The fourth-order valence-corrected chi connectivity index (χ4v) is 4.19. The summed E-state index contributed by atoms with van der Waals surface area (Å²) < 4.78 is 17.5. The lowest BCUT2D eigenvalue weighted by atomic mass is 9.81. The summed E-state index contributed by atoms with van der Waals surface area (Å²) in [5.41, 5.74) is -0.721. The number of aromatic nitrogens is 2. The molecular formula is C25H42BN5O5. The summed E-state index contributed by atoms with van der Waals surface area (Å²) in [6.45, 7) is 18.4. The third kappa shape index (κ3) is 6.67. The number of carbonyl (C=O) groups is 2. The maximum absolute atomic E-state index is 12.9. The number of nitrogens with zero attached hydrogens (tertiary/aromatic N) is 3. The van der Waals surface area contributed by atoms with E-state index < -0.39 is 36.1 Å². The highest BCUT2D eigenvalue weighted by Gasteiger charge is 2.52. The molecule has 2 N–H and O–H groups in total. The molecule has 1 aromatic rings. The van der Waals surface area contributed by atoms with Crippen LogP contribution in [-0.4, -0.2) is 71.1 Å². The first-order valence-corrected chi connectivity index (χ1v) is 12.8. The van der Waals surface area contributed by atoms with E-state index in [9.17, 15) is 9.59 Å². The van der Waals surface area contributed by atoms with Crippen molar-refractivity contribution in [1.82, 2.24) is 20.6 Å². The van der Waals surface area contributed by atoms with Gasteiger partial charge in [-0.1, -0.05) is 13.8 Å². The first-order chi connectivity index (χ1) is 16.6. The summed E-state index contributed by atoms with van der Waals surface area (Å²) in [6.07, 6.45) is 4.78. The Hall–Kier alpha value is -2.40. The molecule has 2 saturated heterocycles. The van der Waals surface area contributed by atoms with Crippen LogP contribution in [0.15, 0.2) is 12.4 Å². The van der Waals surface area contributed by atoms with Crippen molar-refractivity contribution in [3.63, 3.8) is 0 Å². The molecule has 10 nitrogen and oxygen atoms in total. The Balaban J connectivity index is 1.59. The second-order valence-corrected chi connectivity index (χ2v) is 12.0. The molecular weight excluding hydrogens is 461 g/mol. The van der Waals surface area contributed by atoms with Gasteiger partial charge in [-0.3, -0.25) is 4.79 Å². The van der Waals surface area contributed by atoms with Crippen molar-refractivity contribution < 1.29 is 23.6 Å². The van der Waals surface area contributed by atoms with E-state index in [1.165, 1.54) is 0 Å². The Kier molecular flexibility index (Phi) is 8.25. The van der Waals surface area contributed by atoms with Crippen LogP contribution in [-0.2, 0) is 18.8 Å². The van der Waals surface area contributed by atoms with Gasteiger partial charge in [-0.25, -0.2) is 14.8 Å². The normalized spacial score (nSPS) is 22.0. The SMILES string of the molecule is CC(C)[C@@H](NC(=O)OC(C)(C)C)C(=O)NC[C@H]1CCCN1c1ncc(B2OC(C)(C)C(C)(C)O2)cn1. The fourth-order valence-electron chi connectivity index (χ4n) is 4.19. The van der Waals surface area contributed by atoms with E-state index in [-0.39, 0.29) is 17.9 Å². The standard InChI is InChI=1S/C25H42BN5O5/c1-16(2)19(30-22(33)34-23(3,4)5)20(32)27-15-18-11-10-12-31(18)21-28-13-17(14-29-21)26-35-24(6,7)25(8,9)36-26/h13-14,16,18-19H,10-12,15H2,1-9H3,(H,27,32)(H,30,33)/t18-,19-/m1/s1. The van der Waals surface area contributed by atoms with Crippen molar-refractivity contribution in [2.24, 2.45) is 5.92 Å². The predicted octanol–water partition coefficient (Wildman–Crippen LogP) is 2.41. The second kappa shape index (κ2) is 10.5. The molecule has 2 aliphatic heterocycles. The number of rotatable bonds is 7. The molecule has 2 aliphatic rings. The quantitative estimate of drug-likeness (QED) is 0.546. The molecule has 2 atom stereocenters. The number of hydrogen-bond donors (Lipinski definition) is 2. The number of amides is 2. The van der Waals surface area contributed by atoms with E-state index in [4.69, 9.17) is 14.0 Å². The van der Waals surface area contributed by atoms with Gasteiger partial charge in [0.25, 0.3) is 0 Å². The van der Waals surface area contributed by atoms with Gasteiger partial charge in [0, 0.05) is 37.0 Å². The Morgan fingerprint density at radius 1 is 1.17 bits per heavy atom. The van der Waals surface area contributed by atoms with Gasteiger partial charge in [-0.15, -0.1) is 0 Å². The van der Waals surface area contributed by atoms with Crippen molar-refractivity contribution in [3.05, 3.63) is 12.4 Å². The average molecular weight is 503 g/mol. The van der Waals surface area contributed by atoms with Crippen LogP contribution in [0.4, 0.5) is 10.7 Å². The summed E-state index contributed by atoms with van der Waals surface area (Å²) in [7, 11) is -0.511. The van der Waals surface area contributed by atoms with Gasteiger partial charge < -0.3 is 29.6 Å². The summed E-state index contributed by atoms with van der Waals surface area (Å²) >= 11 is 0. The van der Waals surface area contributed by atoms with Gasteiger partial charge in [0.05, 0.1) is 11.2 Å². The lowest BCUT2D eigenvalue weighted by molar-refractivity contribution is -0.124. The summed E-state index contributed by atoms with van der Waals surface area (Å²) in [5.74, 6) is 0.280. The number of anilines is 1. The highest BCUT2D eigenvalue weighted by atomic mass is 16.7. The van der Waals surface area contributed by atoms with Crippen LogP contribution in [0, 0.1) is 5.92 Å². The molecule has 11 heteroatoms. The van der Waals surface area contributed by atoms with Crippen LogP contribution in [0.2, 0.25) is 0 Å². The maximum atomic E-state index is 12.9. The predicted molar refractivity (Wildman–Crippen MR) is 139 cm³/mol. The van der Waals surface area contributed by atoms with Gasteiger partial charge in [-0.2, -0.15) is 0 Å². The average Bonchev–Trinajstić information content (AvgIpc) is 3.30. The largest absolute Gasteiger partial charge is 0.498 e. The minimum absolute atomic E-state index is 0.0611. The van der Waals surface area contributed by atoms with Gasteiger partial charge in [0.15, 0.2) is 0 Å². The van der Waals surface area contributed by atoms with Crippen LogP contribution in [0.3, 0.4) is 0 Å². The first kappa shape index (κ1) is 28.2. The number of nitrogens with one attached hydrogen (secondary N) is 2. The molecule has 200 valence electrons. The monoisotopic (exact) mass is 503 g/mol. The van der Waals surface area contributed by atoms with Crippen molar-refractivity contribution in [1.29, 1.82) is 0 Å². The Morgan fingerprint density at radius 3 is 2.28 bits per heavy atom. The summed E-state index contributed by atoms with van der Waals surface area (Å²) in [4.78, 5) is 36.4. The molecule has 2 amide bonds. The second-order valence-electron chi connectivity index (χ2n) is 12.0. The fraction of sp³-hybridized carbons (Fsp3) is 0.760. The van der Waals surface area contributed by atoms with Gasteiger partial charge in [0.1, 0.15) is 11.6 Å². The minimum Gasteiger partial charge on any atom is -0.444 e. The van der Waals surface area contributed by atoms with E-state index in [0.717, 1.165) is 24.8 Å². The Labute approximate surface area is 215 Å². The number of hydrogen-bond acceptors (Lipinski definition) is 8. The van der Waals surface area contributed by atoms with Crippen LogP contribution in [0.1, 0.15) is 75.2 Å². The molecule has 0 aromatic carbocycles. The zero-order valence-electron chi connectivity index (χ0n) is 23.2. The molecule has 36 heavy (non-hydrogen) atoms. The molecule has 3 rings (SSSR count). The van der Waals surface area contributed by atoms with Crippen LogP contribution in [0.25, 0.3) is 0 Å². The first-order valence-electron chi connectivity index (χ1n) is 12.8. The van der Waals surface area contributed by atoms with E-state index in [0.29, 0.717) is 12.5 Å². The summed E-state index contributed by atoms with van der Waals surface area (Å²) in [5, 5.41) is 5.70. The lowest BCUT2D eigenvalue weighted by Gasteiger charge is -2.32. The van der Waals surface area contributed by atoms with Crippen LogP contribution < -0.4 is 21.0 Å². The molecule has 0 bridgehead atoms. The van der Waals surface area contributed by atoms with E-state index in [2.05, 4.69) is 25.5 Å². The highest BCUT2D eigenvalue weighted by Crippen LogP contribution is 2.36. The van der Waals surface area contributed by atoms with Crippen molar-refractivity contribution >= 4 is 30.5 Å². The highest BCUT2D eigenvalue weighted by molar-refractivity contribution is 6.61. The molecule has 0 saturated carbocycles. The molecule has 0 aliphatic carbocycles. The Bertz CT molecular complexity index is 916. The smallest absolute Gasteiger partial charge is 0.444 e. The topological polar surface area (TPSA) is 115 Å². The molecule has 0 radical (unpaired) electrons.